The summed E-state index contributed by atoms with van der Waals surface area (Å²) >= 11 is 0. The van der Waals surface area contributed by atoms with Gasteiger partial charge in [0.05, 0.1) is 6.33 Å². The summed E-state index contributed by atoms with van der Waals surface area (Å²) in [6.45, 7) is 7.39. The van der Waals surface area contributed by atoms with E-state index in [1.807, 2.05) is 6.33 Å². The van der Waals surface area contributed by atoms with Crippen LogP contribution in [-0.2, 0) is 6.54 Å². The van der Waals surface area contributed by atoms with Crippen molar-refractivity contribution >= 4 is 5.82 Å². The van der Waals surface area contributed by atoms with E-state index in [-0.39, 0.29) is 0 Å². The first-order valence-corrected chi connectivity index (χ1v) is 8.68. The summed E-state index contributed by atoms with van der Waals surface area (Å²) in [5.74, 6) is 3.14. The molecule has 0 atom stereocenters. The van der Waals surface area contributed by atoms with Crippen LogP contribution in [0.2, 0.25) is 0 Å². The van der Waals surface area contributed by atoms with Gasteiger partial charge < -0.3 is 9.88 Å². The van der Waals surface area contributed by atoms with Gasteiger partial charge in [0.1, 0.15) is 5.82 Å². The number of aromatic nitrogens is 4. The van der Waals surface area contributed by atoms with Crippen molar-refractivity contribution in [2.24, 2.45) is 0 Å². The summed E-state index contributed by atoms with van der Waals surface area (Å²) in [6, 6.07) is 0.533. The molecule has 120 valence electrons. The zero-order valence-corrected chi connectivity index (χ0v) is 14.0. The second kappa shape index (κ2) is 6.63. The molecule has 22 heavy (non-hydrogen) atoms. The largest absolute Gasteiger partial charge is 0.365 e. The lowest BCUT2D eigenvalue weighted by Gasteiger charge is -2.24. The van der Waals surface area contributed by atoms with Crippen molar-refractivity contribution in [3.63, 3.8) is 0 Å². The summed E-state index contributed by atoms with van der Waals surface area (Å²) in [4.78, 5) is 14.2. The standard InChI is InChI=1S/C17H27N5/c1-4-10-22-11-18-16(19-13-8-6-5-7-9-13)14-17(22)21-15(20-14)12(2)3/h11-13,19H,4-10H2,1-3H3. The maximum Gasteiger partial charge on any atom is 0.165 e. The topological polar surface area (TPSA) is 55.6 Å². The van der Waals surface area contributed by atoms with Crippen molar-refractivity contribution in [2.45, 2.75) is 77.8 Å². The van der Waals surface area contributed by atoms with Crippen LogP contribution in [0.3, 0.4) is 0 Å². The zero-order chi connectivity index (χ0) is 15.5. The Morgan fingerprint density at radius 1 is 1.23 bits per heavy atom. The molecule has 0 bridgehead atoms. The second-order valence-corrected chi connectivity index (χ2v) is 6.67. The fourth-order valence-corrected chi connectivity index (χ4v) is 3.16. The van der Waals surface area contributed by atoms with Gasteiger partial charge in [0, 0.05) is 18.5 Å². The lowest BCUT2D eigenvalue weighted by atomic mass is 9.95. The molecule has 3 aliphatic rings. The third-order valence-electron chi connectivity index (χ3n) is 4.41. The molecular weight excluding hydrogens is 274 g/mol. The Hall–Kier alpha value is -1.65. The SMILES string of the molecule is CCCn1cnc(NC2CCCCC2)c2nc(C(C)C)nc1-2. The molecule has 0 saturated heterocycles. The first-order valence-electron chi connectivity index (χ1n) is 8.68. The van der Waals surface area contributed by atoms with Gasteiger partial charge in [-0.25, -0.2) is 15.0 Å². The van der Waals surface area contributed by atoms with Crippen LogP contribution in [-0.4, -0.2) is 25.6 Å². The van der Waals surface area contributed by atoms with Gasteiger partial charge in [-0.2, -0.15) is 0 Å². The van der Waals surface area contributed by atoms with E-state index < -0.39 is 0 Å². The van der Waals surface area contributed by atoms with Crippen LogP contribution in [0.15, 0.2) is 6.33 Å². The predicted octanol–water partition coefficient (Wildman–Crippen LogP) is 4.06. The normalized spacial score (nSPS) is 16.5. The smallest absolute Gasteiger partial charge is 0.165 e. The lowest BCUT2D eigenvalue weighted by molar-refractivity contribution is 0.461. The van der Waals surface area contributed by atoms with Gasteiger partial charge in [-0.1, -0.05) is 40.0 Å². The first-order chi connectivity index (χ1) is 10.7. The van der Waals surface area contributed by atoms with Crippen molar-refractivity contribution < 1.29 is 0 Å². The molecule has 3 rings (SSSR count). The number of rotatable bonds is 5. The van der Waals surface area contributed by atoms with Gasteiger partial charge in [0.15, 0.2) is 17.3 Å². The average Bonchev–Trinajstić information content (AvgIpc) is 2.97. The van der Waals surface area contributed by atoms with E-state index >= 15 is 0 Å². The highest BCUT2D eigenvalue weighted by atomic mass is 15.2. The third kappa shape index (κ3) is 3.08. The summed E-state index contributed by atoms with van der Waals surface area (Å²) in [5, 5.41) is 3.62. The average molecular weight is 301 g/mol. The van der Waals surface area contributed by atoms with E-state index in [2.05, 4.69) is 35.6 Å². The molecule has 0 aromatic rings. The number of nitrogens with one attached hydrogen (secondary N) is 1. The van der Waals surface area contributed by atoms with Crippen LogP contribution < -0.4 is 5.32 Å². The van der Waals surface area contributed by atoms with Crippen molar-refractivity contribution in [3.8, 4) is 11.5 Å². The fourth-order valence-electron chi connectivity index (χ4n) is 3.16. The van der Waals surface area contributed by atoms with E-state index in [0.717, 1.165) is 36.1 Å². The highest BCUT2D eigenvalue weighted by Gasteiger charge is 2.23. The molecule has 0 unspecified atom stereocenters. The van der Waals surface area contributed by atoms with Crippen LogP contribution >= 0.6 is 0 Å². The van der Waals surface area contributed by atoms with Crippen molar-refractivity contribution in [2.75, 3.05) is 5.32 Å². The minimum Gasteiger partial charge on any atom is -0.365 e. The predicted molar refractivity (Wildman–Crippen MR) is 89.3 cm³/mol. The third-order valence-corrected chi connectivity index (χ3v) is 4.41. The Bertz CT molecular complexity index is 583. The minimum atomic E-state index is 0.338. The van der Waals surface area contributed by atoms with Crippen LogP contribution in [0.5, 0.6) is 0 Å². The Morgan fingerprint density at radius 3 is 2.68 bits per heavy atom. The molecule has 1 aliphatic carbocycles. The molecule has 2 heterocycles. The maximum atomic E-state index is 4.76. The summed E-state index contributed by atoms with van der Waals surface area (Å²) < 4.78 is 2.13. The van der Waals surface area contributed by atoms with Crippen LogP contribution in [0.4, 0.5) is 5.82 Å². The van der Waals surface area contributed by atoms with Gasteiger partial charge in [-0.3, -0.25) is 0 Å². The molecule has 1 saturated carbocycles. The number of hydrogen-bond donors (Lipinski definition) is 1. The van der Waals surface area contributed by atoms with E-state index in [9.17, 15) is 0 Å². The molecule has 5 nitrogen and oxygen atoms in total. The highest BCUT2D eigenvalue weighted by molar-refractivity contribution is 5.68. The Morgan fingerprint density at radius 2 is 2.00 bits per heavy atom. The number of nitrogens with zero attached hydrogens (tertiary/aromatic N) is 4. The molecule has 5 heteroatoms. The summed E-state index contributed by atoms with van der Waals surface area (Å²) in [6.07, 6.45) is 9.44. The molecule has 1 fully saturated rings. The molecule has 2 aliphatic heterocycles. The van der Waals surface area contributed by atoms with E-state index in [1.165, 1.54) is 32.1 Å². The van der Waals surface area contributed by atoms with Crippen molar-refractivity contribution in [1.82, 2.24) is 19.5 Å². The van der Waals surface area contributed by atoms with Crippen LogP contribution in [0, 0.1) is 0 Å². The maximum absolute atomic E-state index is 4.76. The molecule has 0 radical (unpaired) electrons. The number of fused-ring (bicyclic) bond motifs is 1. The van der Waals surface area contributed by atoms with Gasteiger partial charge in [-0.15, -0.1) is 0 Å². The van der Waals surface area contributed by atoms with Gasteiger partial charge in [-0.05, 0) is 19.3 Å². The molecule has 0 amide bonds. The van der Waals surface area contributed by atoms with Crippen molar-refractivity contribution in [1.29, 1.82) is 0 Å². The number of imidazole rings is 1. The number of hydrogen-bond acceptors (Lipinski definition) is 4. The van der Waals surface area contributed by atoms with E-state index in [1.54, 1.807) is 0 Å². The van der Waals surface area contributed by atoms with Crippen LogP contribution in [0.25, 0.3) is 11.5 Å². The Labute approximate surface area is 132 Å². The highest BCUT2D eigenvalue weighted by Crippen LogP contribution is 2.30. The Balaban J connectivity index is 1.93. The summed E-state index contributed by atoms with van der Waals surface area (Å²) in [7, 11) is 0. The number of anilines is 1. The monoisotopic (exact) mass is 301 g/mol. The molecule has 1 N–H and O–H groups in total. The van der Waals surface area contributed by atoms with Gasteiger partial charge in [0.25, 0.3) is 0 Å². The first kappa shape index (κ1) is 15.3. The summed E-state index contributed by atoms with van der Waals surface area (Å²) in [5.41, 5.74) is 0.935. The van der Waals surface area contributed by atoms with Crippen LogP contribution in [0.1, 0.15) is 71.0 Å². The van der Waals surface area contributed by atoms with Gasteiger partial charge in [0.2, 0.25) is 0 Å². The minimum absolute atomic E-state index is 0.338. The molecule has 0 spiro atoms. The quantitative estimate of drug-likeness (QED) is 0.905. The van der Waals surface area contributed by atoms with E-state index in [0.29, 0.717) is 12.0 Å². The molecule has 0 aromatic heterocycles. The van der Waals surface area contributed by atoms with E-state index in [4.69, 9.17) is 9.97 Å². The second-order valence-electron chi connectivity index (χ2n) is 6.67. The lowest BCUT2D eigenvalue weighted by Crippen LogP contribution is -2.24. The zero-order valence-electron chi connectivity index (χ0n) is 14.0. The molecule has 0 aromatic carbocycles. The van der Waals surface area contributed by atoms with Gasteiger partial charge >= 0.3 is 0 Å². The fraction of sp³-hybridized carbons (Fsp3) is 0.706. The van der Waals surface area contributed by atoms with Crippen molar-refractivity contribution in [3.05, 3.63) is 12.2 Å². The molecular formula is C17H27N5. The Kier molecular flexibility index (Phi) is 4.60. The number of aryl methyl sites for hydroxylation is 1.